The Bertz CT molecular complexity index is 439. The average molecular weight is 281 g/mol. The minimum absolute atomic E-state index is 0.154. The van der Waals surface area contributed by atoms with Crippen LogP contribution in [0.25, 0.3) is 0 Å². The van der Waals surface area contributed by atoms with Crippen LogP contribution >= 0.6 is 0 Å². The van der Waals surface area contributed by atoms with Crippen molar-refractivity contribution in [2.24, 2.45) is 5.73 Å². The van der Waals surface area contributed by atoms with Crippen molar-refractivity contribution in [1.29, 1.82) is 0 Å². The Morgan fingerprint density at radius 3 is 2.95 bits per heavy atom. The van der Waals surface area contributed by atoms with Gasteiger partial charge in [0.25, 0.3) is 0 Å². The third kappa shape index (κ3) is 4.08. The lowest BCUT2D eigenvalue weighted by molar-refractivity contribution is 0.261. The summed E-state index contributed by atoms with van der Waals surface area (Å²) in [5.74, 6) is 0.501. The van der Waals surface area contributed by atoms with Crippen molar-refractivity contribution in [1.82, 2.24) is 4.90 Å². The third-order valence-electron chi connectivity index (χ3n) is 3.52. The predicted octanol–water partition coefficient (Wildman–Crippen LogP) is 1.69. The second-order valence-electron chi connectivity index (χ2n) is 5.61. The molecule has 5 heteroatoms. The van der Waals surface area contributed by atoms with Crippen LogP contribution in [0.3, 0.4) is 0 Å². The highest BCUT2D eigenvalue weighted by molar-refractivity contribution is 5.59. The largest absolute Gasteiger partial charge is 0.490 e. The second-order valence-corrected chi connectivity index (χ2v) is 5.61. The van der Waals surface area contributed by atoms with E-state index in [-0.39, 0.29) is 11.9 Å². The number of likely N-dealkylation sites (N-methyl/N-ethyl adjacent to an activating group) is 1. The van der Waals surface area contributed by atoms with Crippen LogP contribution in [0, 0.1) is 5.82 Å². The van der Waals surface area contributed by atoms with Gasteiger partial charge in [-0.15, -0.1) is 0 Å². The van der Waals surface area contributed by atoms with E-state index in [9.17, 15) is 4.39 Å². The number of hydrogen-bond acceptors (Lipinski definition) is 4. The molecule has 1 aromatic carbocycles. The zero-order valence-electron chi connectivity index (χ0n) is 12.3. The summed E-state index contributed by atoms with van der Waals surface area (Å²) in [5, 5.41) is 0. The summed E-state index contributed by atoms with van der Waals surface area (Å²) in [6.07, 6.45) is 2.07. The van der Waals surface area contributed by atoms with Crippen LogP contribution in [0.2, 0.25) is 0 Å². The molecule has 4 nitrogen and oxygen atoms in total. The van der Waals surface area contributed by atoms with Gasteiger partial charge in [0.05, 0.1) is 5.69 Å². The third-order valence-corrected chi connectivity index (χ3v) is 3.52. The molecule has 0 amide bonds. The zero-order valence-corrected chi connectivity index (χ0v) is 12.3. The van der Waals surface area contributed by atoms with Gasteiger partial charge in [0.2, 0.25) is 0 Å². The van der Waals surface area contributed by atoms with Gasteiger partial charge in [-0.2, -0.15) is 0 Å². The molecule has 0 bridgehead atoms. The molecule has 2 rings (SSSR count). The normalized spacial score (nSPS) is 19.4. The van der Waals surface area contributed by atoms with E-state index < -0.39 is 0 Å². The van der Waals surface area contributed by atoms with Crippen LogP contribution < -0.4 is 15.4 Å². The van der Waals surface area contributed by atoms with E-state index in [2.05, 4.69) is 9.80 Å². The Balaban J connectivity index is 2.10. The minimum atomic E-state index is -0.237. The summed E-state index contributed by atoms with van der Waals surface area (Å²) in [6.45, 7) is 3.08. The predicted molar refractivity (Wildman–Crippen MR) is 79.9 cm³/mol. The van der Waals surface area contributed by atoms with Crippen molar-refractivity contribution in [3.05, 3.63) is 24.0 Å². The van der Waals surface area contributed by atoms with Gasteiger partial charge < -0.3 is 20.3 Å². The first-order chi connectivity index (χ1) is 9.56. The molecule has 1 saturated heterocycles. The van der Waals surface area contributed by atoms with Gasteiger partial charge in [0.1, 0.15) is 18.2 Å². The number of rotatable bonds is 5. The summed E-state index contributed by atoms with van der Waals surface area (Å²) in [7, 11) is 4.00. The smallest absolute Gasteiger partial charge is 0.142 e. The molecule has 1 aliphatic heterocycles. The fourth-order valence-electron chi connectivity index (χ4n) is 2.43. The molecule has 1 fully saturated rings. The number of nitrogens with zero attached hydrogens (tertiary/aromatic N) is 2. The van der Waals surface area contributed by atoms with Crippen molar-refractivity contribution in [3.63, 3.8) is 0 Å². The van der Waals surface area contributed by atoms with Crippen molar-refractivity contribution < 1.29 is 9.13 Å². The molecule has 112 valence electrons. The quantitative estimate of drug-likeness (QED) is 0.892. The first-order valence-electron chi connectivity index (χ1n) is 7.14. The average Bonchev–Trinajstić information content (AvgIpc) is 2.40. The van der Waals surface area contributed by atoms with E-state index in [0.717, 1.165) is 43.9 Å². The Kier molecular flexibility index (Phi) is 5.20. The Morgan fingerprint density at radius 1 is 1.45 bits per heavy atom. The Labute approximate surface area is 120 Å². The highest BCUT2D eigenvalue weighted by Gasteiger charge is 2.20. The molecule has 1 aromatic rings. The summed E-state index contributed by atoms with van der Waals surface area (Å²) >= 11 is 0. The van der Waals surface area contributed by atoms with E-state index in [0.29, 0.717) is 6.61 Å². The molecular weight excluding hydrogens is 257 g/mol. The number of benzene rings is 1. The summed E-state index contributed by atoms with van der Waals surface area (Å²) in [5.41, 5.74) is 6.83. The summed E-state index contributed by atoms with van der Waals surface area (Å²) in [6, 6.07) is 4.85. The molecule has 0 radical (unpaired) electrons. The maximum Gasteiger partial charge on any atom is 0.142 e. The van der Waals surface area contributed by atoms with Gasteiger partial charge in [-0.1, -0.05) is 0 Å². The standard InChI is InChI=1S/C15H24FN3O/c1-18(2)8-9-20-15-6-5-12(16)10-14(15)19-7-3-4-13(17)11-19/h5-6,10,13H,3-4,7-9,11,17H2,1-2H3. The number of piperidine rings is 1. The lowest BCUT2D eigenvalue weighted by Crippen LogP contribution is -2.43. The van der Waals surface area contributed by atoms with E-state index >= 15 is 0 Å². The molecule has 0 spiro atoms. The van der Waals surface area contributed by atoms with E-state index in [1.807, 2.05) is 14.1 Å². The zero-order chi connectivity index (χ0) is 14.5. The maximum atomic E-state index is 13.5. The molecule has 20 heavy (non-hydrogen) atoms. The van der Waals surface area contributed by atoms with Crippen molar-refractivity contribution in [2.45, 2.75) is 18.9 Å². The molecule has 0 aliphatic carbocycles. The van der Waals surface area contributed by atoms with Crippen molar-refractivity contribution in [3.8, 4) is 5.75 Å². The van der Waals surface area contributed by atoms with Crippen LogP contribution in [0.15, 0.2) is 18.2 Å². The fraction of sp³-hybridized carbons (Fsp3) is 0.600. The van der Waals surface area contributed by atoms with Crippen LogP contribution in [-0.2, 0) is 0 Å². The molecule has 1 heterocycles. The van der Waals surface area contributed by atoms with Crippen LogP contribution in [0.5, 0.6) is 5.75 Å². The molecule has 0 aromatic heterocycles. The number of halogens is 1. The second kappa shape index (κ2) is 6.90. The number of nitrogens with two attached hydrogens (primary N) is 1. The number of hydrogen-bond donors (Lipinski definition) is 1. The van der Waals surface area contributed by atoms with Crippen molar-refractivity contribution in [2.75, 3.05) is 45.2 Å². The molecular formula is C15H24FN3O. The summed E-state index contributed by atoms with van der Waals surface area (Å²) < 4.78 is 19.3. The Morgan fingerprint density at radius 2 is 2.25 bits per heavy atom. The van der Waals surface area contributed by atoms with Gasteiger partial charge in [-0.25, -0.2) is 4.39 Å². The van der Waals surface area contributed by atoms with E-state index in [1.165, 1.54) is 6.07 Å². The van der Waals surface area contributed by atoms with E-state index in [4.69, 9.17) is 10.5 Å². The topological polar surface area (TPSA) is 41.7 Å². The summed E-state index contributed by atoms with van der Waals surface area (Å²) in [4.78, 5) is 4.18. The molecule has 1 unspecified atom stereocenters. The molecule has 0 saturated carbocycles. The minimum Gasteiger partial charge on any atom is -0.490 e. The monoisotopic (exact) mass is 281 g/mol. The lowest BCUT2D eigenvalue weighted by Gasteiger charge is -2.33. The fourth-order valence-corrected chi connectivity index (χ4v) is 2.43. The van der Waals surface area contributed by atoms with Crippen LogP contribution in [0.4, 0.5) is 10.1 Å². The maximum absolute atomic E-state index is 13.5. The molecule has 1 atom stereocenters. The van der Waals surface area contributed by atoms with Gasteiger partial charge >= 0.3 is 0 Å². The first-order valence-corrected chi connectivity index (χ1v) is 7.14. The van der Waals surface area contributed by atoms with Crippen molar-refractivity contribution >= 4 is 5.69 Å². The van der Waals surface area contributed by atoms with Crippen LogP contribution in [-0.4, -0.2) is 51.3 Å². The van der Waals surface area contributed by atoms with Gasteiger partial charge in [0.15, 0.2) is 0 Å². The first kappa shape index (κ1) is 15.1. The van der Waals surface area contributed by atoms with Crippen LogP contribution in [0.1, 0.15) is 12.8 Å². The number of ether oxygens (including phenoxy) is 1. The van der Waals surface area contributed by atoms with Gasteiger partial charge in [-0.05, 0) is 39.1 Å². The molecule has 1 aliphatic rings. The Hall–Kier alpha value is -1.33. The lowest BCUT2D eigenvalue weighted by atomic mass is 10.1. The number of anilines is 1. The molecule has 2 N–H and O–H groups in total. The van der Waals surface area contributed by atoms with E-state index in [1.54, 1.807) is 12.1 Å². The van der Waals surface area contributed by atoms with Gasteiger partial charge in [0, 0.05) is 31.7 Å². The SMILES string of the molecule is CN(C)CCOc1ccc(F)cc1N1CCCC(N)C1. The highest BCUT2D eigenvalue weighted by atomic mass is 19.1. The highest BCUT2D eigenvalue weighted by Crippen LogP contribution is 2.31. The van der Waals surface area contributed by atoms with Gasteiger partial charge in [-0.3, -0.25) is 0 Å².